The Hall–Kier alpha value is -1.14. The number of hydrogen-bond donors (Lipinski definition) is 4. The van der Waals surface area contributed by atoms with Crippen LogP contribution in [0.15, 0.2) is 0 Å². The highest BCUT2D eigenvalue weighted by molar-refractivity contribution is 5.14. The molecule has 0 unspecified atom stereocenters. The monoisotopic (exact) mass is 458 g/mol. The maximum absolute atomic E-state index is 11.8. The van der Waals surface area contributed by atoms with Crippen molar-refractivity contribution in [2.45, 2.75) is 104 Å². The Morgan fingerprint density at radius 1 is 1.06 bits per heavy atom. The van der Waals surface area contributed by atoms with Crippen LogP contribution in [0.3, 0.4) is 0 Å². The first-order valence-electron chi connectivity index (χ1n) is 13.7. The lowest BCUT2D eigenvalue weighted by atomic mass is 9.41. The SMILES string of the molecule is CC[C@H]1[C@@H](O)[C@@H]2[C@H](CC[C@]3(C)[C@@H]([C@H](C)CCc4nc(N)n[nH]4)CC[C@@H]23)[C@@]2(C)CC[C@@H](O)C[C@@H]12. The Morgan fingerprint density at radius 3 is 2.48 bits per heavy atom. The van der Waals surface area contributed by atoms with Crippen molar-refractivity contribution in [2.24, 2.45) is 52.3 Å². The van der Waals surface area contributed by atoms with Crippen LogP contribution in [0.4, 0.5) is 5.95 Å². The summed E-state index contributed by atoms with van der Waals surface area (Å²) in [5.41, 5.74) is 6.28. The van der Waals surface area contributed by atoms with E-state index in [1.807, 2.05) is 0 Å². The number of H-pyrrole nitrogens is 1. The van der Waals surface area contributed by atoms with Gasteiger partial charge >= 0.3 is 0 Å². The molecule has 0 aliphatic heterocycles. The summed E-state index contributed by atoms with van der Waals surface area (Å²) >= 11 is 0. The Kier molecular flexibility index (Phi) is 6.09. The van der Waals surface area contributed by atoms with E-state index in [9.17, 15) is 10.2 Å². The number of aromatic nitrogens is 3. The smallest absolute Gasteiger partial charge is 0.239 e. The molecule has 1 heterocycles. The molecule has 0 aromatic carbocycles. The third kappa shape index (κ3) is 3.65. The normalized spacial score (nSPS) is 48.1. The fourth-order valence-corrected chi connectivity index (χ4v) is 9.92. The number of nitrogens with one attached hydrogen (secondary N) is 1. The van der Waals surface area contributed by atoms with Crippen LogP contribution in [0.1, 0.15) is 91.3 Å². The molecule has 6 heteroatoms. The van der Waals surface area contributed by atoms with Crippen LogP contribution < -0.4 is 5.73 Å². The molecular formula is C27H46N4O2. The molecule has 1 aromatic rings. The Morgan fingerprint density at radius 2 is 1.79 bits per heavy atom. The molecule has 0 saturated heterocycles. The minimum absolute atomic E-state index is 0.175. The summed E-state index contributed by atoms with van der Waals surface area (Å²) in [6, 6.07) is 0. The van der Waals surface area contributed by atoms with Crippen molar-refractivity contribution in [3.05, 3.63) is 5.82 Å². The van der Waals surface area contributed by atoms with Gasteiger partial charge in [-0.3, -0.25) is 5.10 Å². The average Bonchev–Trinajstić information content (AvgIpc) is 3.36. The maximum atomic E-state index is 11.8. The minimum Gasteiger partial charge on any atom is -0.393 e. The van der Waals surface area contributed by atoms with Crippen LogP contribution in [-0.4, -0.2) is 37.6 Å². The van der Waals surface area contributed by atoms with Gasteiger partial charge < -0.3 is 15.9 Å². The molecule has 0 bridgehead atoms. The zero-order valence-electron chi connectivity index (χ0n) is 21.1. The van der Waals surface area contributed by atoms with Crippen molar-refractivity contribution in [1.29, 1.82) is 0 Å². The van der Waals surface area contributed by atoms with Crippen LogP contribution in [0.5, 0.6) is 0 Å². The van der Waals surface area contributed by atoms with Gasteiger partial charge in [0.1, 0.15) is 5.82 Å². The van der Waals surface area contributed by atoms with E-state index in [1.54, 1.807) is 0 Å². The van der Waals surface area contributed by atoms with Gasteiger partial charge in [0.15, 0.2) is 0 Å². The number of nitrogens with zero attached hydrogens (tertiary/aromatic N) is 2. The van der Waals surface area contributed by atoms with Gasteiger partial charge in [0.25, 0.3) is 0 Å². The molecule has 33 heavy (non-hydrogen) atoms. The summed E-state index contributed by atoms with van der Waals surface area (Å²) in [6.07, 6.45) is 10.7. The van der Waals surface area contributed by atoms with Gasteiger partial charge in [-0.1, -0.05) is 34.1 Å². The summed E-state index contributed by atoms with van der Waals surface area (Å²) in [4.78, 5) is 4.30. The van der Waals surface area contributed by atoms with Crippen molar-refractivity contribution in [1.82, 2.24) is 15.2 Å². The number of aliphatic hydroxyl groups excluding tert-OH is 2. The van der Waals surface area contributed by atoms with Crippen LogP contribution in [0.2, 0.25) is 0 Å². The Bertz CT molecular complexity index is 844. The first-order valence-corrected chi connectivity index (χ1v) is 13.7. The highest BCUT2D eigenvalue weighted by Crippen LogP contribution is 2.69. The van der Waals surface area contributed by atoms with Crippen LogP contribution >= 0.6 is 0 Å². The molecule has 0 spiro atoms. The lowest BCUT2D eigenvalue weighted by Crippen LogP contribution is -2.62. The first kappa shape index (κ1) is 23.6. The van der Waals surface area contributed by atoms with E-state index in [-0.39, 0.29) is 17.6 Å². The highest BCUT2D eigenvalue weighted by Gasteiger charge is 2.64. The third-order valence-corrected chi connectivity index (χ3v) is 11.5. The molecule has 4 saturated carbocycles. The second kappa shape index (κ2) is 8.51. The summed E-state index contributed by atoms with van der Waals surface area (Å²) in [5, 5.41) is 29.3. The average molecular weight is 459 g/mol. The van der Waals surface area contributed by atoms with Crippen molar-refractivity contribution in [2.75, 3.05) is 5.73 Å². The van der Waals surface area contributed by atoms with E-state index >= 15 is 0 Å². The van der Waals surface area contributed by atoms with Crippen LogP contribution in [-0.2, 0) is 6.42 Å². The molecule has 6 nitrogen and oxygen atoms in total. The molecule has 5 N–H and O–H groups in total. The molecule has 11 atom stereocenters. The molecule has 186 valence electrons. The predicted octanol–water partition coefficient (Wildman–Crippen LogP) is 4.58. The van der Waals surface area contributed by atoms with Crippen LogP contribution in [0.25, 0.3) is 0 Å². The van der Waals surface area contributed by atoms with E-state index in [1.165, 1.54) is 25.7 Å². The second-order valence-electron chi connectivity index (χ2n) is 12.8. The van der Waals surface area contributed by atoms with Gasteiger partial charge in [0.05, 0.1) is 12.2 Å². The number of aryl methyl sites for hydroxylation is 1. The number of nitrogen functional groups attached to an aromatic ring is 1. The van der Waals surface area contributed by atoms with E-state index in [0.29, 0.717) is 52.8 Å². The summed E-state index contributed by atoms with van der Waals surface area (Å²) in [7, 11) is 0. The summed E-state index contributed by atoms with van der Waals surface area (Å²) < 4.78 is 0. The van der Waals surface area contributed by atoms with Gasteiger partial charge in [-0.05, 0) is 104 Å². The van der Waals surface area contributed by atoms with Crippen molar-refractivity contribution in [3.8, 4) is 0 Å². The lowest BCUT2D eigenvalue weighted by Gasteiger charge is -2.64. The number of nitrogens with two attached hydrogens (primary N) is 1. The second-order valence-corrected chi connectivity index (χ2v) is 12.8. The Labute approximate surface area is 199 Å². The molecule has 4 aliphatic carbocycles. The van der Waals surface area contributed by atoms with E-state index in [0.717, 1.165) is 44.3 Å². The van der Waals surface area contributed by atoms with Crippen molar-refractivity contribution in [3.63, 3.8) is 0 Å². The molecular weight excluding hydrogens is 412 g/mol. The molecule has 0 amide bonds. The topological polar surface area (TPSA) is 108 Å². The van der Waals surface area contributed by atoms with Gasteiger partial charge in [-0.25, -0.2) is 0 Å². The summed E-state index contributed by atoms with van der Waals surface area (Å²) in [5.74, 6) is 5.02. The third-order valence-electron chi connectivity index (χ3n) is 11.5. The fraction of sp³-hybridized carbons (Fsp3) is 0.926. The number of fused-ring (bicyclic) bond motifs is 5. The van der Waals surface area contributed by atoms with Gasteiger partial charge in [0, 0.05) is 6.42 Å². The molecule has 1 aromatic heterocycles. The lowest BCUT2D eigenvalue weighted by molar-refractivity contribution is -0.203. The van der Waals surface area contributed by atoms with E-state index in [4.69, 9.17) is 5.73 Å². The van der Waals surface area contributed by atoms with E-state index < -0.39 is 0 Å². The minimum atomic E-state index is -0.209. The molecule has 4 fully saturated rings. The fourth-order valence-electron chi connectivity index (χ4n) is 9.92. The first-order chi connectivity index (χ1) is 15.7. The van der Waals surface area contributed by atoms with Crippen molar-refractivity contribution < 1.29 is 10.2 Å². The van der Waals surface area contributed by atoms with Gasteiger partial charge in [-0.15, -0.1) is 5.10 Å². The number of rotatable bonds is 5. The van der Waals surface area contributed by atoms with Gasteiger partial charge in [0.2, 0.25) is 5.95 Å². The molecule has 5 rings (SSSR count). The predicted molar refractivity (Wildman–Crippen MR) is 130 cm³/mol. The summed E-state index contributed by atoms with van der Waals surface area (Å²) in [6.45, 7) is 9.77. The number of aliphatic hydroxyl groups is 2. The molecule has 0 radical (unpaired) electrons. The largest absolute Gasteiger partial charge is 0.393 e. The van der Waals surface area contributed by atoms with Gasteiger partial charge in [-0.2, -0.15) is 4.98 Å². The van der Waals surface area contributed by atoms with E-state index in [2.05, 4.69) is 42.9 Å². The molecule has 4 aliphatic rings. The van der Waals surface area contributed by atoms with Crippen molar-refractivity contribution >= 4 is 5.95 Å². The standard InChI is InChI=1S/C27H46N4O2/c1-5-17-21-14-16(32)10-12-27(21,4)20-11-13-26(3)18(7-8-19(26)23(20)24(17)33)15(2)6-9-22-29-25(28)31-30-22/h15-21,23-24,32-33H,5-14H2,1-4H3,(H3,28,29,30,31)/t15-,16-,17-,18-,19+,20+,21+,23+,24-,26-,27-/m1/s1. The zero-order valence-corrected chi connectivity index (χ0v) is 21.1. The number of hydrogen-bond acceptors (Lipinski definition) is 5. The zero-order chi connectivity index (χ0) is 23.5. The quantitative estimate of drug-likeness (QED) is 0.516. The number of aromatic amines is 1. The Balaban J connectivity index is 1.37. The number of anilines is 1. The maximum Gasteiger partial charge on any atom is 0.239 e. The highest BCUT2D eigenvalue weighted by atomic mass is 16.3. The van der Waals surface area contributed by atoms with Crippen LogP contribution in [0, 0.1) is 52.3 Å².